The van der Waals surface area contributed by atoms with Gasteiger partial charge >= 0.3 is 5.97 Å². The fourth-order valence-corrected chi connectivity index (χ4v) is 9.05. The molecule has 3 atom stereocenters. The summed E-state index contributed by atoms with van der Waals surface area (Å²) in [7, 11) is 0. The predicted octanol–water partition coefficient (Wildman–Crippen LogP) is 18.0. The van der Waals surface area contributed by atoms with Gasteiger partial charge in [0, 0.05) is 6.42 Å². The van der Waals surface area contributed by atoms with Gasteiger partial charge in [0.2, 0.25) is 5.91 Å². The number of allylic oxidation sites excluding steroid dienone is 6. The van der Waals surface area contributed by atoms with Crippen LogP contribution in [0.5, 0.6) is 0 Å². The molecular weight excluding hydrogens is 815 g/mol. The first-order valence-electron chi connectivity index (χ1n) is 29.2. The smallest absolute Gasteiger partial charge is 0.306 e. The summed E-state index contributed by atoms with van der Waals surface area (Å²) in [5.74, 6) is -0.477. The van der Waals surface area contributed by atoms with Crippen molar-refractivity contribution in [1.29, 1.82) is 0 Å². The highest BCUT2D eigenvalue weighted by Crippen LogP contribution is 2.19. The molecule has 1 amide bonds. The number of aliphatic hydroxyl groups excluding tert-OH is 2. The second-order valence-corrected chi connectivity index (χ2v) is 20.0. The first-order valence-corrected chi connectivity index (χ1v) is 29.2. The molecular formula is C60H113NO5. The van der Waals surface area contributed by atoms with Crippen LogP contribution < -0.4 is 5.32 Å². The monoisotopic (exact) mass is 928 g/mol. The van der Waals surface area contributed by atoms with Crippen LogP contribution in [0.3, 0.4) is 0 Å². The molecule has 0 fully saturated rings. The average Bonchev–Trinajstić information content (AvgIpc) is 3.31. The zero-order chi connectivity index (χ0) is 48.1. The van der Waals surface area contributed by atoms with Crippen molar-refractivity contribution in [3.05, 3.63) is 36.5 Å². The Morgan fingerprint density at radius 1 is 0.455 bits per heavy atom. The molecule has 0 radical (unpaired) electrons. The first-order chi connectivity index (χ1) is 32.5. The molecule has 3 N–H and O–H groups in total. The van der Waals surface area contributed by atoms with Gasteiger partial charge in [-0.3, -0.25) is 9.59 Å². The number of hydrogen-bond donors (Lipinski definition) is 3. The van der Waals surface area contributed by atoms with Crippen molar-refractivity contribution in [2.75, 3.05) is 6.61 Å². The van der Waals surface area contributed by atoms with Crippen molar-refractivity contribution in [3.63, 3.8) is 0 Å². The Morgan fingerprint density at radius 2 is 0.818 bits per heavy atom. The molecule has 0 bridgehead atoms. The lowest BCUT2D eigenvalue weighted by atomic mass is 10.0. The number of ether oxygens (including phenoxy) is 1. The van der Waals surface area contributed by atoms with Gasteiger partial charge in [-0.05, 0) is 77.0 Å². The van der Waals surface area contributed by atoms with Crippen molar-refractivity contribution < 1.29 is 24.5 Å². The van der Waals surface area contributed by atoms with Crippen molar-refractivity contribution in [2.45, 2.75) is 328 Å². The molecule has 0 aliphatic heterocycles. The predicted molar refractivity (Wildman–Crippen MR) is 287 cm³/mol. The molecule has 6 heteroatoms. The summed E-state index contributed by atoms with van der Waals surface area (Å²) in [6.45, 7) is 6.40. The molecule has 0 saturated heterocycles. The van der Waals surface area contributed by atoms with Crippen molar-refractivity contribution in [1.82, 2.24) is 5.32 Å². The van der Waals surface area contributed by atoms with E-state index in [1.807, 2.05) is 0 Å². The van der Waals surface area contributed by atoms with Crippen LogP contribution >= 0.6 is 0 Å². The third-order valence-electron chi connectivity index (χ3n) is 13.5. The third-order valence-corrected chi connectivity index (χ3v) is 13.5. The van der Waals surface area contributed by atoms with Crippen LogP contribution in [-0.4, -0.2) is 46.9 Å². The maximum Gasteiger partial charge on any atom is 0.306 e. The first kappa shape index (κ1) is 64.1. The number of carbonyl (C=O) groups is 2. The summed E-state index contributed by atoms with van der Waals surface area (Å²) < 4.78 is 5.95. The molecule has 66 heavy (non-hydrogen) atoms. The fourth-order valence-electron chi connectivity index (χ4n) is 9.05. The number of nitrogens with one attached hydrogen (secondary N) is 1. The van der Waals surface area contributed by atoms with Crippen LogP contribution in [0.4, 0.5) is 0 Å². The van der Waals surface area contributed by atoms with E-state index in [0.29, 0.717) is 19.3 Å². The lowest BCUT2D eigenvalue weighted by Gasteiger charge is -2.24. The van der Waals surface area contributed by atoms with E-state index in [0.717, 1.165) is 70.6 Å². The number of rotatable bonds is 53. The van der Waals surface area contributed by atoms with Gasteiger partial charge in [-0.1, -0.05) is 256 Å². The number of aliphatic hydroxyl groups is 2. The minimum Gasteiger partial charge on any atom is -0.462 e. The Morgan fingerprint density at radius 3 is 1.24 bits per heavy atom. The van der Waals surface area contributed by atoms with Crippen LogP contribution in [0.15, 0.2) is 36.5 Å². The Hall–Kier alpha value is -1.92. The van der Waals surface area contributed by atoms with Gasteiger partial charge in [0.05, 0.1) is 25.2 Å². The van der Waals surface area contributed by atoms with Crippen molar-refractivity contribution in [3.8, 4) is 0 Å². The largest absolute Gasteiger partial charge is 0.462 e. The van der Waals surface area contributed by atoms with E-state index in [1.54, 1.807) is 0 Å². The second kappa shape index (κ2) is 54.0. The molecule has 0 saturated carbocycles. The van der Waals surface area contributed by atoms with Gasteiger partial charge in [0.15, 0.2) is 0 Å². The zero-order valence-corrected chi connectivity index (χ0v) is 44.3. The van der Waals surface area contributed by atoms with E-state index in [-0.39, 0.29) is 24.9 Å². The van der Waals surface area contributed by atoms with Gasteiger partial charge in [-0.2, -0.15) is 0 Å². The quantitative estimate of drug-likeness (QED) is 0.0321. The molecule has 3 unspecified atom stereocenters. The maximum absolute atomic E-state index is 13.3. The minimum absolute atomic E-state index is 0.0702. The number of amides is 1. The van der Waals surface area contributed by atoms with Crippen molar-refractivity contribution in [2.24, 2.45) is 0 Å². The average molecular weight is 929 g/mol. The van der Waals surface area contributed by atoms with Crippen LogP contribution in [0.2, 0.25) is 0 Å². The van der Waals surface area contributed by atoms with E-state index in [2.05, 4.69) is 62.5 Å². The van der Waals surface area contributed by atoms with E-state index in [9.17, 15) is 19.8 Å². The Bertz CT molecular complexity index is 1090. The molecule has 0 spiro atoms. The van der Waals surface area contributed by atoms with Gasteiger partial charge in [0.25, 0.3) is 0 Å². The van der Waals surface area contributed by atoms with Gasteiger partial charge in [-0.15, -0.1) is 0 Å². The Kier molecular flexibility index (Phi) is 52.5. The summed E-state index contributed by atoms with van der Waals surface area (Å²) in [4.78, 5) is 26.3. The standard InChI is InChI=1S/C60H113NO5/c1-4-7-10-13-16-19-22-25-27-29-30-31-33-35-38-41-44-47-50-53-60(65)66-56(51-48-45-42-39-36-24-21-18-15-12-9-6-3)54-59(64)61-57(55-62)58(63)52-49-46-43-40-37-34-32-28-26-23-20-17-14-11-8-5-2/h9,12,18,21,25,27,56-58,62-63H,4-8,10-11,13-17,19-20,22-24,26,28-55H2,1-3H3,(H,61,64)/b12-9+,21-18+,27-25+. The van der Waals surface area contributed by atoms with E-state index >= 15 is 0 Å². The van der Waals surface area contributed by atoms with Crippen LogP contribution in [0.25, 0.3) is 0 Å². The molecule has 0 rings (SSSR count). The molecule has 6 nitrogen and oxygen atoms in total. The topological polar surface area (TPSA) is 95.9 Å². The highest BCUT2D eigenvalue weighted by molar-refractivity contribution is 5.77. The normalized spacial score (nSPS) is 13.3. The summed E-state index contributed by atoms with van der Waals surface area (Å²) in [6.07, 6.45) is 65.0. The van der Waals surface area contributed by atoms with Gasteiger partial charge in [-0.25, -0.2) is 0 Å². The van der Waals surface area contributed by atoms with Gasteiger partial charge < -0.3 is 20.3 Å². The second-order valence-electron chi connectivity index (χ2n) is 20.0. The number of hydrogen-bond acceptors (Lipinski definition) is 5. The van der Waals surface area contributed by atoms with Crippen LogP contribution in [0, 0.1) is 0 Å². The highest BCUT2D eigenvalue weighted by Gasteiger charge is 2.24. The van der Waals surface area contributed by atoms with Crippen LogP contribution in [0.1, 0.15) is 310 Å². The number of carbonyl (C=O) groups excluding carboxylic acids is 2. The minimum atomic E-state index is -0.791. The molecule has 0 aromatic heterocycles. The molecule has 0 aliphatic carbocycles. The highest BCUT2D eigenvalue weighted by atomic mass is 16.5. The Labute approximate surface area is 411 Å². The van der Waals surface area contributed by atoms with E-state index < -0.39 is 18.2 Å². The molecule has 0 heterocycles. The fraction of sp³-hybridized carbons (Fsp3) is 0.867. The summed E-state index contributed by atoms with van der Waals surface area (Å²) in [5.41, 5.74) is 0. The molecule has 388 valence electrons. The van der Waals surface area contributed by atoms with Crippen LogP contribution in [-0.2, 0) is 14.3 Å². The van der Waals surface area contributed by atoms with E-state index in [4.69, 9.17) is 4.74 Å². The third kappa shape index (κ3) is 48.5. The summed E-state index contributed by atoms with van der Waals surface area (Å²) in [5, 5.41) is 23.9. The zero-order valence-electron chi connectivity index (χ0n) is 44.3. The number of unbranched alkanes of at least 4 members (excludes halogenated alkanes) is 35. The summed E-state index contributed by atoms with van der Waals surface area (Å²) in [6, 6.07) is -0.705. The molecule has 0 aromatic carbocycles. The van der Waals surface area contributed by atoms with E-state index in [1.165, 1.54) is 193 Å². The lowest BCUT2D eigenvalue weighted by Crippen LogP contribution is -2.46. The van der Waals surface area contributed by atoms with Gasteiger partial charge in [0.1, 0.15) is 6.10 Å². The Balaban J connectivity index is 4.46. The maximum atomic E-state index is 13.3. The summed E-state index contributed by atoms with van der Waals surface area (Å²) >= 11 is 0. The lowest BCUT2D eigenvalue weighted by molar-refractivity contribution is -0.151. The number of esters is 1. The molecule has 0 aromatic rings. The van der Waals surface area contributed by atoms with Crippen molar-refractivity contribution >= 4 is 11.9 Å². The SMILES string of the molecule is CC/C=C/C/C=C/CCCCCCCC(CC(=O)NC(CO)C(O)CCCCCCCCCCCCCCCCCC)OC(=O)CCCCCCCCCCC/C=C/CCCCCCCC. The molecule has 0 aliphatic rings.